The van der Waals surface area contributed by atoms with E-state index in [9.17, 15) is 9.90 Å². The predicted octanol–water partition coefficient (Wildman–Crippen LogP) is 4.60. The number of likely N-dealkylation sites (N-methyl/N-ethyl adjacent to an activating group) is 1. The lowest BCUT2D eigenvalue weighted by Crippen LogP contribution is -2.29. The van der Waals surface area contributed by atoms with Crippen molar-refractivity contribution in [3.05, 3.63) is 74.0 Å². The Morgan fingerprint density at radius 2 is 1.90 bits per heavy atom. The minimum Gasteiger partial charge on any atom is -0.491 e. The van der Waals surface area contributed by atoms with E-state index < -0.39 is 6.10 Å². The molecule has 2 N–H and O–H groups in total. The summed E-state index contributed by atoms with van der Waals surface area (Å²) >= 11 is 6.70. The lowest BCUT2D eigenvalue weighted by Gasteiger charge is -2.22. The molecule has 0 amide bonds. The van der Waals surface area contributed by atoms with Gasteiger partial charge in [-0.3, -0.25) is 4.79 Å². The zero-order chi connectivity index (χ0) is 29.4. The lowest BCUT2D eigenvalue weighted by molar-refractivity contribution is 0.108. The normalized spacial score (nSPS) is 13.6. The number of hydrogen-bond donors (Lipinski definition) is 2. The smallest absolute Gasteiger partial charge is 0.251 e. The molecule has 0 radical (unpaired) electrons. The number of aliphatic hydroxyl groups is 1. The second kappa shape index (κ2) is 11.6. The van der Waals surface area contributed by atoms with E-state index in [0.717, 1.165) is 33.8 Å². The van der Waals surface area contributed by atoms with E-state index in [1.807, 2.05) is 40.8 Å². The fourth-order valence-electron chi connectivity index (χ4n) is 5.19. The maximum absolute atomic E-state index is 12.7. The highest BCUT2D eigenvalue weighted by Crippen LogP contribution is 2.39. The molecule has 1 aliphatic rings. The average molecular weight is 579 g/mol. The summed E-state index contributed by atoms with van der Waals surface area (Å²) in [5, 5.41) is 17.6. The van der Waals surface area contributed by atoms with E-state index in [1.165, 1.54) is 0 Å². The van der Waals surface area contributed by atoms with Crippen molar-refractivity contribution in [2.24, 2.45) is 0 Å². The van der Waals surface area contributed by atoms with Gasteiger partial charge >= 0.3 is 0 Å². The van der Waals surface area contributed by atoms with Crippen molar-refractivity contribution < 1.29 is 14.4 Å². The van der Waals surface area contributed by atoms with Crippen molar-refractivity contribution >= 4 is 17.4 Å². The van der Waals surface area contributed by atoms with Crippen LogP contribution in [0.25, 0.3) is 22.6 Å². The van der Waals surface area contributed by atoms with Gasteiger partial charge in [0.1, 0.15) is 30.0 Å². The van der Waals surface area contributed by atoms with Gasteiger partial charge < -0.3 is 29.2 Å². The molecule has 5 rings (SSSR count). The number of aromatic nitrogens is 4. The standard InChI is InChI=1S/C30H35ClN6O4/c1-16(2)37-14-21-13-36(12-20(21)9-26(37)39)30-17(3)28(27-18(4)35-41-19(27)5)33-29(34-30)24-10-23(7-8-25(24)31)40-15-22(38)11-32-6/h7-10,14,16,22,32,38H,11-13,15H2,1-6H3/t22-/m1/s1. The molecule has 0 spiro atoms. The average Bonchev–Trinajstić information content (AvgIpc) is 3.49. The van der Waals surface area contributed by atoms with Crippen LogP contribution < -0.4 is 20.5 Å². The molecule has 11 heteroatoms. The molecule has 4 heterocycles. The molecule has 3 aromatic heterocycles. The van der Waals surface area contributed by atoms with Crippen molar-refractivity contribution in [2.75, 3.05) is 25.1 Å². The molecule has 0 saturated carbocycles. The summed E-state index contributed by atoms with van der Waals surface area (Å²) in [5.41, 5.74) is 5.76. The quantitative estimate of drug-likeness (QED) is 0.294. The number of rotatable bonds is 9. The molecule has 1 aliphatic heterocycles. The Balaban J connectivity index is 1.61. The summed E-state index contributed by atoms with van der Waals surface area (Å²) in [4.78, 5) is 24.9. The molecule has 0 bridgehead atoms. The molecule has 4 aromatic rings. The second-order valence-corrected chi connectivity index (χ2v) is 11.1. The molecule has 10 nitrogen and oxygen atoms in total. The van der Waals surface area contributed by atoms with Crippen LogP contribution in [0.2, 0.25) is 5.02 Å². The number of nitrogens with one attached hydrogen (secondary N) is 1. The first kappa shape index (κ1) is 28.8. The zero-order valence-electron chi connectivity index (χ0n) is 24.2. The molecular formula is C30H35ClN6O4. The van der Waals surface area contributed by atoms with Gasteiger partial charge in [-0.05, 0) is 71.0 Å². The molecule has 41 heavy (non-hydrogen) atoms. The Bertz CT molecular complexity index is 1630. The van der Waals surface area contributed by atoms with Crippen molar-refractivity contribution in [1.29, 1.82) is 0 Å². The Kier molecular flexibility index (Phi) is 8.17. The monoisotopic (exact) mass is 578 g/mol. The number of hydrogen-bond acceptors (Lipinski definition) is 9. The maximum atomic E-state index is 12.7. The number of ether oxygens (including phenoxy) is 1. The topological polar surface area (TPSA) is 119 Å². The van der Waals surface area contributed by atoms with E-state index >= 15 is 0 Å². The zero-order valence-corrected chi connectivity index (χ0v) is 24.9. The van der Waals surface area contributed by atoms with Gasteiger partial charge in [0, 0.05) is 49.1 Å². The van der Waals surface area contributed by atoms with Crippen LogP contribution in [0.4, 0.5) is 5.82 Å². The van der Waals surface area contributed by atoms with E-state index in [-0.39, 0.29) is 18.2 Å². The number of aliphatic hydroxyl groups excluding tert-OH is 1. The van der Waals surface area contributed by atoms with Gasteiger partial charge in [-0.2, -0.15) is 0 Å². The van der Waals surface area contributed by atoms with E-state index in [0.29, 0.717) is 53.2 Å². The number of nitrogens with zero attached hydrogens (tertiary/aromatic N) is 5. The number of fused-ring (bicyclic) bond motifs is 1. The van der Waals surface area contributed by atoms with Gasteiger partial charge in [-0.25, -0.2) is 9.97 Å². The molecule has 216 valence electrons. The minimum absolute atomic E-state index is 0.0134. The third kappa shape index (κ3) is 5.72. The maximum Gasteiger partial charge on any atom is 0.251 e. The van der Waals surface area contributed by atoms with E-state index in [4.69, 9.17) is 30.8 Å². The SMILES string of the molecule is CNC[C@@H](O)COc1ccc(Cl)c(-c2nc(-c3c(C)noc3C)c(C)c(N3Cc4cc(=O)n(C(C)C)cc4C3)n2)c1. The van der Waals surface area contributed by atoms with Crippen molar-refractivity contribution in [2.45, 2.75) is 59.9 Å². The Hall–Kier alpha value is -3.73. The number of aryl methyl sites for hydroxylation is 2. The highest BCUT2D eigenvalue weighted by atomic mass is 35.5. The molecule has 0 fully saturated rings. The fourth-order valence-corrected chi connectivity index (χ4v) is 5.39. The van der Waals surface area contributed by atoms with Gasteiger partial charge in [0.15, 0.2) is 5.82 Å². The molecule has 1 aromatic carbocycles. The fraction of sp³-hybridized carbons (Fsp3) is 0.400. The Morgan fingerprint density at radius 1 is 1.15 bits per heavy atom. The molecular weight excluding hydrogens is 544 g/mol. The third-order valence-corrected chi connectivity index (χ3v) is 7.62. The first-order chi connectivity index (χ1) is 19.6. The van der Waals surface area contributed by atoms with Crippen LogP contribution in [-0.4, -0.2) is 51.1 Å². The summed E-state index contributed by atoms with van der Waals surface area (Å²) in [6, 6.07) is 7.07. The van der Waals surface area contributed by atoms with Crippen LogP contribution >= 0.6 is 11.6 Å². The largest absolute Gasteiger partial charge is 0.491 e. The van der Waals surface area contributed by atoms with Gasteiger partial charge in [-0.15, -0.1) is 0 Å². The third-order valence-electron chi connectivity index (χ3n) is 7.29. The van der Waals surface area contributed by atoms with E-state index in [2.05, 4.69) is 15.4 Å². The van der Waals surface area contributed by atoms with Gasteiger partial charge in [0.2, 0.25) is 0 Å². The van der Waals surface area contributed by atoms with Crippen LogP contribution in [0, 0.1) is 20.8 Å². The van der Waals surface area contributed by atoms with Crippen LogP contribution in [0.15, 0.2) is 39.8 Å². The summed E-state index contributed by atoms with van der Waals surface area (Å²) in [6.07, 6.45) is 1.29. The van der Waals surface area contributed by atoms with Crippen LogP contribution in [0.3, 0.4) is 0 Å². The molecule has 1 atom stereocenters. The summed E-state index contributed by atoms with van der Waals surface area (Å²) in [5.74, 6) is 2.35. The summed E-state index contributed by atoms with van der Waals surface area (Å²) < 4.78 is 13.1. The molecule has 0 unspecified atom stereocenters. The first-order valence-corrected chi connectivity index (χ1v) is 14.0. The minimum atomic E-state index is -0.659. The summed E-state index contributed by atoms with van der Waals surface area (Å²) in [7, 11) is 1.77. The Morgan fingerprint density at radius 3 is 2.59 bits per heavy atom. The van der Waals surface area contributed by atoms with Crippen molar-refractivity contribution in [3.8, 4) is 28.4 Å². The number of halogens is 1. The highest BCUT2D eigenvalue weighted by molar-refractivity contribution is 6.33. The van der Waals surface area contributed by atoms with Crippen LogP contribution in [0.1, 0.15) is 48.0 Å². The number of pyridine rings is 1. The Labute approximate surface area is 243 Å². The van der Waals surface area contributed by atoms with Gasteiger partial charge in [0.25, 0.3) is 5.56 Å². The van der Waals surface area contributed by atoms with Crippen LogP contribution in [0.5, 0.6) is 5.75 Å². The molecule has 0 saturated heterocycles. The van der Waals surface area contributed by atoms with Gasteiger partial charge in [-0.1, -0.05) is 16.8 Å². The molecule has 0 aliphatic carbocycles. The van der Waals surface area contributed by atoms with E-state index in [1.54, 1.807) is 35.9 Å². The lowest BCUT2D eigenvalue weighted by atomic mass is 10.0. The highest BCUT2D eigenvalue weighted by Gasteiger charge is 2.28. The first-order valence-electron chi connectivity index (χ1n) is 13.6. The number of benzene rings is 1. The second-order valence-electron chi connectivity index (χ2n) is 10.7. The van der Waals surface area contributed by atoms with Crippen molar-refractivity contribution in [3.63, 3.8) is 0 Å². The number of anilines is 1. The van der Waals surface area contributed by atoms with Crippen LogP contribution in [-0.2, 0) is 13.1 Å². The predicted molar refractivity (Wildman–Crippen MR) is 159 cm³/mol. The van der Waals surface area contributed by atoms with Gasteiger partial charge in [0.05, 0.1) is 22.0 Å². The van der Waals surface area contributed by atoms with Crippen molar-refractivity contribution in [1.82, 2.24) is 25.0 Å². The summed E-state index contributed by atoms with van der Waals surface area (Å²) in [6.45, 7) is 11.4.